The summed E-state index contributed by atoms with van der Waals surface area (Å²) in [6.45, 7) is 0. The van der Waals surface area contributed by atoms with E-state index in [2.05, 4.69) is 12.1 Å². The van der Waals surface area contributed by atoms with Crippen LogP contribution in [0.5, 0.6) is 11.8 Å². The minimum atomic E-state index is -0.870. The monoisotopic (exact) mass is 498 g/mol. The van der Waals surface area contributed by atoms with E-state index in [0.29, 0.717) is 17.6 Å². The Kier molecular flexibility index (Phi) is 7.04. The van der Waals surface area contributed by atoms with Crippen LogP contribution in [0.25, 0.3) is 0 Å². The van der Waals surface area contributed by atoms with Crippen LogP contribution in [0, 0.1) is 0 Å². The predicted molar refractivity (Wildman–Crippen MR) is 137 cm³/mol. The van der Waals surface area contributed by atoms with Gasteiger partial charge in [0.2, 0.25) is 11.8 Å². The second-order valence-corrected chi connectivity index (χ2v) is 9.83. The number of hydrogen-bond acceptors (Lipinski definition) is 9. The van der Waals surface area contributed by atoms with Crippen molar-refractivity contribution in [1.29, 1.82) is 0 Å². The van der Waals surface area contributed by atoms with Gasteiger partial charge in [0, 0.05) is 67.9 Å². The summed E-state index contributed by atoms with van der Waals surface area (Å²) >= 11 is 1.67. The van der Waals surface area contributed by atoms with Gasteiger partial charge in [0.05, 0.1) is 11.4 Å². The molecule has 35 heavy (non-hydrogen) atoms. The third-order valence-corrected chi connectivity index (χ3v) is 6.88. The fourth-order valence-electron chi connectivity index (χ4n) is 3.89. The molecule has 1 aliphatic heterocycles. The normalized spacial score (nSPS) is 13.1. The summed E-state index contributed by atoms with van der Waals surface area (Å²) in [7, 11) is 7.97. The summed E-state index contributed by atoms with van der Waals surface area (Å²) in [4.78, 5) is 25.3. The second kappa shape index (κ2) is 10.0. The van der Waals surface area contributed by atoms with E-state index in [1.165, 1.54) is 12.1 Å². The number of aliphatic hydroxyl groups is 1. The second-order valence-electron chi connectivity index (χ2n) is 8.75. The van der Waals surface area contributed by atoms with Crippen LogP contribution < -0.4 is 19.5 Å². The number of carbonyl (C=O) groups excluding carboxylic acids is 1. The number of aromatic nitrogens is 1. The average Bonchev–Trinajstić information content (AvgIpc) is 3.13. The van der Waals surface area contributed by atoms with Gasteiger partial charge in [0.25, 0.3) is 0 Å². The zero-order chi connectivity index (χ0) is 25.3. The number of benzene rings is 2. The van der Waals surface area contributed by atoms with Crippen molar-refractivity contribution in [3.63, 3.8) is 0 Å². The Morgan fingerprint density at radius 1 is 0.914 bits per heavy atom. The van der Waals surface area contributed by atoms with Gasteiger partial charge in [0.1, 0.15) is 6.23 Å². The van der Waals surface area contributed by atoms with Crippen molar-refractivity contribution in [3.8, 4) is 11.8 Å². The lowest BCUT2D eigenvalue weighted by Crippen LogP contribution is -2.33. The third-order valence-electron chi connectivity index (χ3n) is 5.79. The predicted octanol–water partition coefficient (Wildman–Crippen LogP) is 3.78. The van der Waals surface area contributed by atoms with Gasteiger partial charge >= 0.3 is 5.97 Å². The summed E-state index contributed by atoms with van der Waals surface area (Å²) in [6.07, 6.45) is -0.198. The SMILES string of the molecule is CN(C)c1ccc2c(c1)Sc1cc(N(C)C)ccc1N2C(O)CCCC(=O)On1c(O)ccc1O. The summed E-state index contributed by atoms with van der Waals surface area (Å²) in [5, 5.41) is 30.5. The van der Waals surface area contributed by atoms with Crippen molar-refractivity contribution in [2.24, 2.45) is 0 Å². The first-order chi connectivity index (χ1) is 16.7. The molecule has 2 heterocycles. The summed E-state index contributed by atoms with van der Waals surface area (Å²) in [5.41, 5.74) is 3.94. The molecule has 0 aliphatic carbocycles. The number of aromatic hydroxyl groups is 2. The Labute approximate surface area is 208 Å². The maximum Gasteiger partial charge on any atom is 0.333 e. The number of fused-ring (bicyclic) bond motifs is 2. The van der Waals surface area contributed by atoms with Crippen molar-refractivity contribution >= 4 is 40.5 Å². The first-order valence-corrected chi connectivity index (χ1v) is 12.1. The van der Waals surface area contributed by atoms with E-state index in [1.54, 1.807) is 11.8 Å². The summed E-state index contributed by atoms with van der Waals surface area (Å²) in [6, 6.07) is 14.7. The van der Waals surface area contributed by atoms with Crippen LogP contribution in [-0.2, 0) is 4.79 Å². The molecule has 2 aromatic carbocycles. The van der Waals surface area contributed by atoms with Gasteiger partial charge in [-0.2, -0.15) is 0 Å². The third kappa shape index (κ3) is 5.13. The van der Waals surface area contributed by atoms with Crippen LogP contribution in [0.4, 0.5) is 22.7 Å². The van der Waals surface area contributed by atoms with Crippen molar-refractivity contribution in [2.45, 2.75) is 35.3 Å². The molecule has 0 fully saturated rings. The molecule has 0 spiro atoms. The lowest BCUT2D eigenvalue weighted by molar-refractivity contribution is -0.145. The molecule has 186 valence electrons. The van der Waals surface area contributed by atoms with Crippen LogP contribution in [-0.4, -0.2) is 60.4 Å². The van der Waals surface area contributed by atoms with E-state index < -0.39 is 12.2 Å². The molecule has 0 saturated heterocycles. The highest BCUT2D eigenvalue weighted by atomic mass is 32.2. The van der Waals surface area contributed by atoms with Gasteiger partial charge in [0.15, 0.2) is 0 Å². The molecule has 3 aromatic rings. The highest BCUT2D eigenvalue weighted by Gasteiger charge is 2.29. The first-order valence-electron chi connectivity index (χ1n) is 11.2. The van der Waals surface area contributed by atoms with E-state index in [1.807, 2.05) is 67.2 Å². The van der Waals surface area contributed by atoms with Gasteiger partial charge in [-0.3, -0.25) is 0 Å². The molecule has 3 N–H and O–H groups in total. The summed E-state index contributed by atoms with van der Waals surface area (Å²) in [5.74, 6) is -1.37. The Balaban J connectivity index is 1.53. The van der Waals surface area contributed by atoms with Crippen LogP contribution in [0.2, 0.25) is 0 Å². The Morgan fingerprint density at radius 2 is 1.43 bits per heavy atom. The van der Waals surface area contributed by atoms with Crippen molar-refractivity contribution in [3.05, 3.63) is 48.5 Å². The minimum absolute atomic E-state index is 0.00948. The highest BCUT2D eigenvalue weighted by Crippen LogP contribution is 2.51. The molecule has 0 radical (unpaired) electrons. The van der Waals surface area contributed by atoms with Crippen LogP contribution in [0.1, 0.15) is 19.3 Å². The molecule has 0 bridgehead atoms. The molecule has 1 unspecified atom stereocenters. The molecule has 9 nitrogen and oxygen atoms in total. The van der Waals surface area contributed by atoms with E-state index in [4.69, 9.17) is 4.84 Å². The van der Waals surface area contributed by atoms with Gasteiger partial charge in [-0.05, 0) is 49.2 Å². The fourth-order valence-corrected chi connectivity index (χ4v) is 5.03. The topological polar surface area (TPSA) is 102 Å². The maximum absolute atomic E-state index is 12.2. The average molecular weight is 499 g/mol. The molecule has 0 amide bonds. The zero-order valence-electron chi connectivity index (χ0n) is 20.2. The van der Waals surface area contributed by atoms with Gasteiger partial charge < -0.3 is 34.9 Å². The van der Waals surface area contributed by atoms with Gasteiger partial charge in [-0.25, -0.2) is 4.79 Å². The van der Waals surface area contributed by atoms with Crippen molar-refractivity contribution in [1.82, 2.24) is 4.73 Å². The smallest absolute Gasteiger partial charge is 0.333 e. The standard InChI is InChI=1S/C25H30N4O5S/c1-26(2)16-8-10-18-20(14-16)35-21-15-17(27(3)4)9-11-19(21)28(18)22(30)6-5-7-25(33)34-29-23(31)12-13-24(29)32/h8-15,22,30-32H,5-7H2,1-4H3. The number of nitrogens with zero attached hydrogens (tertiary/aromatic N) is 4. The molecule has 1 atom stereocenters. The molecular formula is C25H30N4O5S. The lowest BCUT2D eigenvalue weighted by atomic mass is 10.1. The maximum atomic E-state index is 12.2. The Hall–Kier alpha value is -3.50. The Morgan fingerprint density at radius 3 is 1.91 bits per heavy atom. The van der Waals surface area contributed by atoms with Gasteiger partial charge in [-0.15, -0.1) is 4.73 Å². The highest BCUT2D eigenvalue weighted by molar-refractivity contribution is 7.99. The minimum Gasteiger partial charge on any atom is -0.492 e. The van der Waals surface area contributed by atoms with Crippen molar-refractivity contribution in [2.75, 3.05) is 42.9 Å². The quantitative estimate of drug-likeness (QED) is 0.428. The molecule has 1 aliphatic rings. The number of carbonyl (C=O) groups is 1. The number of hydrogen-bond donors (Lipinski definition) is 3. The number of anilines is 4. The molecular weight excluding hydrogens is 468 g/mol. The Bertz CT molecular complexity index is 1150. The van der Waals surface area contributed by atoms with E-state index in [9.17, 15) is 20.1 Å². The molecule has 0 saturated carbocycles. The van der Waals surface area contributed by atoms with Crippen molar-refractivity contribution < 1.29 is 25.0 Å². The van der Waals surface area contributed by atoms with E-state index in [-0.39, 0.29) is 18.2 Å². The molecule has 1 aromatic heterocycles. The van der Waals surface area contributed by atoms with Gasteiger partial charge in [-0.1, -0.05) is 11.8 Å². The zero-order valence-corrected chi connectivity index (χ0v) is 21.0. The fraction of sp³-hybridized carbons (Fsp3) is 0.320. The first kappa shape index (κ1) is 24.6. The van der Waals surface area contributed by atoms with E-state index in [0.717, 1.165) is 32.5 Å². The van der Waals surface area contributed by atoms with Crippen LogP contribution in [0.3, 0.4) is 0 Å². The van der Waals surface area contributed by atoms with Crippen LogP contribution >= 0.6 is 11.8 Å². The van der Waals surface area contributed by atoms with E-state index >= 15 is 0 Å². The summed E-state index contributed by atoms with van der Waals surface area (Å²) < 4.78 is 0.664. The number of rotatable bonds is 8. The lowest BCUT2D eigenvalue weighted by Gasteiger charge is -2.37. The molecule has 10 heteroatoms. The molecule has 4 rings (SSSR count). The van der Waals surface area contributed by atoms with Crippen LogP contribution in [0.15, 0.2) is 58.3 Å². The largest absolute Gasteiger partial charge is 0.492 e. The number of aliphatic hydroxyl groups excluding tert-OH is 1.